The van der Waals surface area contributed by atoms with Crippen molar-refractivity contribution in [1.82, 2.24) is 5.32 Å². The molecule has 0 bridgehead atoms. The monoisotopic (exact) mass is 547 g/mol. The molecule has 1 atom stereocenters. The zero-order chi connectivity index (χ0) is 29.0. The Balaban J connectivity index is 0.000000673. The van der Waals surface area contributed by atoms with Gasteiger partial charge in [-0.3, -0.25) is 9.79 Å². The van der Waals surface area contributed by atoms with Crippen LogP contribution in [0.1, 0.15) is 53.1 Å². The standard InChI is InChI=1S/C25H27N3O4.C2HF3O2/c1-17(26)27-16-8-13-20(25(30)31)28-24(29)22-15-14-21(32-22)23(18-9-4-2-5-10-18)19-11-6-3-7-12-19;3-2(4,5)1(6)7/h2-7,9-12,14-15,20,23H,8,13,16H2,1H3,(H2,26,27)(H,28,29)(H,30,31);(H,6,7)/t20-;/m0./s1. The maximum atomic E-state index is 12.7. The van der Waals surface area contributed by atoms with Gasteiger partial charge in [-0.1, -0.05) is 60.7 Å². The average Bonchev–Trinajstić information content (AvgIpc) is 3.36. The number of carboxylic acid groups (broad SMARTS) is 2. The predicted octanol–water partition coefficient (Wildman–Crippen LogP) is 4.43. The Labute approximate surface area is 222 Å². The molecule has 0 aliphatic carbocycles. The van der Waals surface area contributed by atoms with E-state index in [1.165, 1.54) is 0 Å². The Hall–Kier alpha value is -4.61. The number of hydrogen-bond acceptors (Lipinski definition) is 5. The topological polar surface area (TPSA) is 155 Å². The van der Waals surface area contributed by atoms with Crippen LogP contribution in [-0.4, -0.2) is 52.7 Å². The average molecular weight is 548 g/mol. The molecule has 208 valence electrons. The molecular formula is C27H28F3N3O6. The van der Waals surface area contributed by atoms with Gasteiger partial charge in [0.1, 0.15) is 11.8 Å². The molecule has 0 fully saturated rings. The van der Waals surface area contributed by atoms with E-state index in [1.807, 2.05) is 60.7 Å². The zero-order valence-corrected chi connectivity index (χ0v) is 20.9. The summed E-state index contributed by atoms with van der Waals surface area (Å²) in [6.45, 7) is 2.08. The molecule has 0 unspecified atom stereocenters. The van der Waals surface area contributed by atoms with Gasteiger partial charge in [0.15, 0.2) is 5.76 Å². The molecule has 3 aromatic rings. The minimum absolute atomic E-state index is 0.0685. The highest BCUT2D eigenvalue weighted by Crippen LogP contribution is 2.32. The molecule has 3 rings (SSSR count). The van der Waals surface area contributed by atoms with Crippen LogP contribution in [0.25, 0.3) is 0 Å². The second-order valence-corrected chi connectivity index (χ2v) is 8.29. The molecule has 39 heavy (non-hydrogen) atoms. The Kier molecular flexibility index (Phi) is 11.3. The number of halogens is 3. The third-order valence-electron chi connectivity index (χ3n) is 5.26. The highest BCUT2D eigenvalue weighted by Gasteiger charge is 2.38. The van der Waals surface area contributed by atoms with Crippen molar-refractivity contribution in [3.05, 3.63) is 95.4 Å². The Morgan fingerprint density at radius 3 is 1.90 bits per heavy atom. The summed E-state index contributed by atoms with van der Waals surface area (Å²) < 4.78 is 37.6. The molecule has 1 amide bonds. The number of aliphatic imine (C=N–C) groups is 1. The van der Waals surface area contributed by atoms with Gasteiger partial charge in [0.2, 0.25) is 0 Å². The van der Waals surface area contributed by atoms with E-state index in [1.54, 1.807) is 19.1 Å². The normalized spacial score (nSPS) is 12.3. The molecule has 0 radical (unpaired) electrons. The Morgan fingerprint density at radius 2 is 1.46 bits per heavy atom. The Bertz CT molecular complexity index is 1220. The molecule has 0 saturated heterocycles. The molecule has 2 aromatic carbocycles. The van der Waals surface area contributed by atoms with Crippen LogP contribution in [0.3, 0.4) is 0 Å². The number of amidine groups is 1. The summed E-state index contributed by atoms with van der Waals surface area (Å²) in [7, 11) is 0. The lowest BCUT2D eigenvalue weighted by Crippen LogP contribution is -2.40. The van der Waals surface area contributed by atoms with E-state index in [0.29, 0.717) is 24.6 Å². The zero-order valence-electron chi connectivity index (χ0n) is 20.9. The summed E-state index contributed by atoms with van der Waals surface area (Å²) in [5, 5.41) is 19.1. The number of hydrogen-bond donors (Lipinski definition) is 4. The number of amides is 1. The number of carbonyl (C=O) groups is 3. The van der Waals surface area contributed by atoms with Crippen molar-refractivity contribution in [3.63, 3.8) is 0 Å². The molecule has 12 heteroatoms. The molecule has 5 N–H and O–H groups in total. The van der Waals surface area contributed by atoms with Crippen LogP contribution in [0.15, 0.2) is 82.2 Å². The lowest BCUT2D eigenvalue weighted by molar-refractivity contribution is -0.192. The molecule has 9 nitrogen and oxygen atoms in total. The summed E-state index contributed by atoms with van der Waals surface area (Å²) in [4.78, 5) is 37.2. The third-order valence-corrected chi connectivity index (χ3v) is 5.26. The fraction of sp³-hybridized carbons (Fsp3) is 0.259. The summed E-state index contributed by atoms with van der Waals surface area (Å²) in [5.41, 5.74) is 7.54. The lowest BCUT2D eigenvalue weighted by Gasteiger charge is -2.16. The number of carboxylic acids is 2. The molecule has 1 aromatic heterocycles. The number of alkyl halides is 3. The van der Waals surface area contributed by atoms with Crippen molar-refractivity contribution in [3.8, 4) is 0 Å². The quantitative estimate of drug-likeness (QED) is 0.166. The van der Waals surface area contributed by atoms with Gasteiger partial charge < -0.3 is 25.7 Å². The van der Waals surface area contributed by atoms with Crippen LogP contribution in [0.2, 0.25) is 0 Å². The van der Waals surface area contributed by atoms with Crippen molar-refractivity contribution in [2.75, 3.05) is 6.54 Å². The van der Waals surface area contributed by atoms with E-state index in [9.17, 15) is 27.9 Å². The number of rotatable bonds is 10. The summed E-state index contributed by atoms with van der Waals surface area (Å²) in [6.07, 6.45) is -4.36. The minimum Gasteiger partial charge on any atom is -0.480 e. The SMILES string of the molecule is CC(N)=NCCC[C@H](NC(=O)c1ccc(C(c2ccccc2)c2ccccc2)o1)C(=O)O.O=C(O)C(F)(F)F. The fourth-order valence-electron chi connectivity index (χ4n) is 3.48. The highest BCUT2D eigenvalue weighted by atomic mass is 19.4. The summed E-state index contributed by atoms with van der Waals surface area (Å²) >= 11 is 0. The smallest absolute Gasteiger partial charge is 0.480 e. The minimum atomic E-state index is -5.08. The molecular weight excluding hydrogens is 519 g/mol. The van der Waals surface area contributed by atoms with Gasteiger partial charge in [-0.25, -0.2) is 9.59 Å². The number of nitrogens with two attached hydrogens (primary N) is 1. The first-order valence-electron chi connectivity index (χ1n) is 11.7. The molecule has 0 saturated carbocycles. The maximum Gasteiger partial charge on any atom is 0.490 e. The number of carbonyl (C=O) groups excluding carboxylic acids is 1. The molecule has 1 heterocycles. The second-order valence-electron chi connectivity index (χ2n) is 8.29. The Morgan fingerprint density at radius 1 is 0.949 bits per heavy atom. The van der Waals surface area contributed by atoms with Gasteiger partial charge in [-0.2, -0.15) is 13.2 Å². The van der Waals surface area contributed by atoms with E-state index in [0.717, 1.165) is 11.1 Å². The van der Waals surface area contributed by atoms with Crippen LogP contribution < -0.4 is 11.1 Å². The summed E-state index contributed by atoms with van der Waals surface area (Å²) in [6, 6.07) is 22.0. The number of aliphatic carboxylic acids is 2. The van der Waals surface area contributed by atoms with Gasteiger partial charge in [0.05, 0.1) is 11.8 Å². The van der Waals surface area contributed by atoms with Crippen LogP contribution >= 0.6 is 0 Å². The van der Waals surface area contributed by atoms with Gasteiger partial charge in [0.25, 0.3) is 5.91 Å². The fourth-order valence-corrected chi connectivity index (χ4v) is 3.48. The van der Waals surface area contributed by atoms with Crippen LogP contribution in [0, 0.1) is 0 Å². The highest BCUT2D eigenvalue weighted by molar-refractivity contribution is 5.94. The first-order valence-corrected chi connectivity index (χ1v) is 11.7. The van der Waals surface area contributed by atoms with Crippen molar-refractivity contribution >= 4 is 23.7 Å². The van der Waals surface area contributed by atoms with E-state index in [2.05, 4.69) is 10.3 Å². The first-order chi connectivity index (χ1) is 18.4. The van der Waals surface area contributed by atoms with Gasteiger partial charge in [-0.15, -0.1) is 0 Å². The van der Waals surface area contributed by atoms with E-state index in [-0.39, 0.29) is 18.1 Å². The number of furan rings is 1. The van der Waals surface area contributed by atoms with Crippen LogP contribution in [0.5, 0.6) is 0 Å². The number of nitrogens with zero attached hydrogens (tertiary/aromatic N) is 1. The molecule has 0 spiro atoms. The third kappa shape index (κ3) is 9.99. The second kappa shape index (κ2) is 14.4. The summed E-state index contributed by atoms with van der Waals surface area (Å²) in [5.74, 6) is -3.51. The predicted molar refractivity (Wildman–Crippen MR) is 137 cm³/mol. The van der Waals surface area contributed by atoms with Crippen LogP contribution in [0.4, 0.5) is 13.2 Å². The van der Waals surface area contributed by atoms with E-state index < -0.39 is 30.1 Å². The van der Waals surface area contributed by atoms with E-state index in [4.69, 9.17) is 20.1 Å². The van der Waals surface area contributed by atoms with Gasteiger partial charge in [-0.05, 0) is 43.0 Å². The van der Waals surface area contributed by atoms with Crippen molar-refractivity contribution in [2.24, 2.45) is 10.7 Å². The lowest BCUT2D eigenvalue weighted by atomic mass is 9.89. The van der Waals surface area contributed by atoms with Crippen LogP contribution in [-0.2, 0) is 9.59 Å². The van der Waals surface area contributed by atoms with Crippen molar-refractivity contribution < 1.29 is 42.2 Å². The largest absolute Gasteiger partial charge is 0.490 e. The van der Waals surface area contributed by atoms with E-state index >= 15 is 0 Å². The van der Waals surface area contributed by atoms with Gasteiger partial charge >= 0.3 is 18.1 Å². The van der Waals surface area contributed by atoms with Gasteiger partial charge in [0, 0.05) is 6.54 Å². The number of nitrogens with one attached hydrogen (secondary N) is 1. The molecule has 0 aliphatic heterocycles. The van der Waals surface area contributed by atoms with Crippen molar-refractivity contribution in [1.29, 1.82) is 0 Å². The number of benzene rings is 2. The maximum absolute atomic E-state index is 12.7. The molecule has 0 aliphatic rings. The van der Waals surface area contributed by atoms with Crippen molar-refractivity contribution in [2.45, 2.75) is 37.9 Å². The first kappa shape index (κ1) is 30.6.